The zero-order chi connectivity index (χ0) is 15.6. The molecule has 0 bridgehead atoms. The summed E-state index contributed by atoms with van der Waals surface area (Å²) in [5.41, 5.74) is -0.0546. The minimum Gasteiger partial charge on any atom is -0.481 e. The van der Waals surface area contributed by atoms with Gasteiger partial charge >= 0.3 is 5.97 Å². The van der Waals surface area contributed by atoms with Crippen LogP contribution in [0, 0.1) is 11.3 Å². The molecule has 0 spiro atoms. The van der Waals surface area contributed by atoms with Crippen LogP contribution in [0.5, 0.6) is 0 Å². The highest BCUT2D eigenvalue weighted by Crippen LogP contribution is 2.30. The average molecular weight is 296 g/mol. The number of hydrogen-bond acceptors (Lipinski definition) is 5. The molecule has 2 heterocycles. The van der Waals surface area contributed by atoms with Crippen molar-refractivity contribution < 1.29 is 14.6 Å². The number of carboxylic acid groups (broad SMARTS) is 1. The van der Waals surface area contributed by atoms with E-state index in [2.05, 4.69) is 15.5 Å². The SMILES string of the molecule is CC1OCCC1c1nnnn1CC(CC(C)(C)C)C(=O)O. The lowest BCUT2D eigenvalue weighted by Gasteiger charge is -2.23. The highest BCUT2D eigenvalue weighted by atomic mass is 16.5. The molecule has 3 atom stereocenters. The van der Waals surface area contributed by atoms with Crippen LogP contribution in [0.25, 0.3) is 0 Å². The molecular weight excluding hydrogens is 272 g/mol. The second-order valence-corrected chi connectivity index (χ2v) is 6.99. The molecule has 1 N–H and O–H groups in total. The minimum absolute atomic E-state index is 0.0546. The smallest absolute Gasteiger partial charge is 0.308 e. The molecule has 0 saturated carbocycles. The fourth-order valence-electron chi connectivity index (χ4n) is 2.86. The number of hydrogen-bond donors (Lipinski definition) is 1. The molecule has 0 aromatic carbocycles. The number of tetrazole rings is 1. The van der Waals surface area contributed by atoms with Gasteiger partial charge < -0.3 is 9.84 Å². The third-order valence-electron chi connectivity index (χ3n) is 3.87. The molecule has 1 aromatic rings. The first-order valence-electron chi connectivity index (χ1n) is 7.38. The van der Waals surface area contributed by atoms with Gasteiger partial charge in [-0.05, 0) is 35.6 Å². The Morgan fingerprint density at radius 2 is 2.24 bits per heavy atom. The Hall–Kier alpha value is -1.50. The molecule has 21 heavy (non-hydrogen) atoms. The first kappa shape index (κ1) is 15.9. The Balaban J connectivity index is 2.14. The van der Waals surface area contributed by atoms with Gasteiger partial charge in [0.15, 0.2) is 5.82 Å². The van der Waals surface area contributed by atoms with Gasteiger partial charge in [-0.25, -0.2) is 4.68 Å². The fraction of sp³-hybridized carbons (Fsp3) is 0.857. The lowest BCUT2D eigenvalue weighted by Crippen LogP contribution is -2.27. The van der Waals surface area contributed by atoms with Crippen molar-refractivity contribution in [2.75, 3.05) is 6.61 Å². The number of aliphatic carboxylic acids is 1. The van der Waals surface area contributed by atoms with E-state index in [-0.39, 0.29) is 17.4 Å². The number of carbonyl (C=O) groups is 1. The summed E-state index contributed by atoms with van der Waals surface area (Å²) in [4.78, 5) is 11.5. The number of aromatic nitrogens is 4. The summed E-state index contributed by atoms with van der Waals surface area (Å²) in [6.07, 6.45) is 1.53. The Labute approximate surface area is 124 Å². The topological polar surface area (TPSA) is 90.1 Å². The number of carboxylic acids is 1. The molecule has 1 aromatic heterocycles. The van der Waals surface area contributed by atoms with E-state index in [9.17, 15) is 9.90 Å². The van der Waals surface area contributed by atoms with E-state index in [1.807, 2.05) is 27.7 Å². The van der Waals surface area contributed by atoms with Gasteiger partial charge in [-0.3, -0.25) is 4.79 Å². The van der Waals surface area contributed by atoms with Crippen molar-refractivity contribution in [1.82, 2.24) is 20.2 Å². The normalized spacial score (nSPS) is 24.2. The monoisotopic (exact) mass is 296 g/mol. The second kappa shape index (κ2) is 6.09. The summed E-state index contributed by atoms with van der Waals surface area (Å²) in [5, 5.41) is 21.2. The predicted octanol–water partition coefficient (Wildman–Crippen LogP) is 1.70. The van der Waals surface area contributed by atoms with Crippen LogP contribution >= 0.6 is 0 Å². The lowest BCUT2D eigenvalue weighted by atomic mass is 9.84. The molecule has 0 aliphatic carbocycles. The first-order valence-corrected chi connectivity index (χ1v) is 7.38. The highest BCUT2D eigenvalue weighted by molar-refractivity contribution is 5.69. The molecule has 0 radical (unpaired) electrons. The summed E-state index contributed by atoms with van der Waals surface area (Å²) in [7, 11) is 0. The Kier molecular flexibility index (Phi) is 4.61. The first-order chi connectivity index (χ1) is 9.78. The van der Waals surface area contributed by atoms with Crippen LogP contribution in [0.15, 0.2) is 0 Å². The van der Waals surface area contributed by atoms with Crippen molar-refractivity contribution in [3.05, 3.63) is 5.82 Å². The van der Waals surface area contributed by atoms with Gasteiger partial charge in [0.05, 0.1) is 18.6 Å². The summed E-state index contributed by atoms with van der Waals surface area (Å²) in [6, 6.07) is 0. The maximum Gasteiger partial charge on any atom is 0.308 e. The molecule has 7 heteroatoms. The second-order valence-electron chi connectivity index (χ2n) is 6.99. The van der Waals surface area contributed by atoms with Gasteiger partial charge in [0.1, 0.15) is 0 Å². The van der Waals surface area contributed by atoms with Crippen LogP contribution in [0.3, 0.4) is 0 Å². The Morgan fingerprint density at radius 3 is 2.76 bits per heavy atom. The van der Waals surface area contributed by atoms with Crippen LogP contribution in [0.1, 0.15) is 52.3 Å². The molecule has 1 aliphatic rings. The van der Waals surface area contributed by atoms with Crippen LogP contribution in [0.2, 0.25) is 0 Å². The van der Waals surface area contributed by atoms with Gasteiger partial charge in [0, 0.05) is 12.5 Å². The number of ether oxygens (including phenoxy) is 1. The highest BCUT2D eigenvalue weighted by Gasteiger charge is 2.32. The van der Waals surface area contributed by atoms with E-state index in [4.69, 9.17) is 4.74 Å². The van der Waals surface area contributed by atoms with Crippen molar-refractivity contribution >= 4 is 5.97 Å². The molecule has 1 fully saturated rings. The van der Waals surface area contributed by atoms with Crippen LogP contribution < -0.4 is 0 Å². The van der Waals surface area contributed by atoms with Crippen molar-refractivity contribution in [3.63, 3.8) is 0 Å². The number of nitrogens with zero attached hydrogens (tertiary/aromatic N) is 4. The summed E-state index contributed by atoms with van der Waals surface area (Å²) in [6.45, 7) is 9.12. The maximum absolute atomic E-state index is 11.5. The van der Waals surface area contributed by atoms with Crippen LogP contribution in [0.4, 0.5) is 0 Å². The van der Waals surface area contributed by atoms with E-state index in [1.54, 1.807) is 4.68 Å². The lowest BCUT2D eigenvalue weighted by molar-refractivity contribution is -0.143. The minimum atomic E-state index is -0.804. The largest absolute Gasteiger partial charge is 0.481 e. The maximum atomic E-state index is 11.5. The standard InChI is InChI=1S/C14H24N4O3/c1-9-11(5-6-21-9)12-15-16-17-18(12)8-10(13(19)20)7-14(2,3)4/h9-11H,5-8H2,1-4H3,(H,19,20). The number of rotatable bonds is 5. The van der Waals surface area contributed by atoms with Gasteiger partial charge in [-0.2, -0.15) is 0 Å². The molecule has 1 saturated heterocycles. The average Bonchev–Trinajstić information content (AvgIpc) is 2.95. The molecule has 7 nitrogen and oxygen atoms in total. The van der Waals surface area contributed by atoms with Gasteiger partial charge in [-0.15, -0.1) is 5.10 Å². The summed E-state index contributed by atoms with van der Waals surface area (Å²) < 4.78 is 7.19. The summed E-state index contributed by atoms with van der Waals surface area (Å²) in [5.74, 6) is -0.420. The fourth-order valence-corrected chi connectivity index (χ4v) is 2.86. The molecule has 0 amide bonds. The quantitative estimate of drug-likeness (QED) is 0.889. The third kappa shape index (κ3) is 4.00. The molecule has 118 valence electrons. The van der Waals surface area contributed by atoms with Gasteiger partial charge in [0.25, 0.3) is 0 Å². The van der Waals surface area contributed by atoms with E-state index < -0.39 is 11.9 Å². The van der Waals surface area contributed by atoms with E-state index in [1.165, 1.54) is 0 Å². The van der Waals surface area contributed by atoms with Crippen molar-refractivity contribution in [3.8, 4) is 0 Å². The van der Waals surface area contributed by atoms with E-state index >= 15 is 0 Å². The molecule has 1 aliphatic heterocycles. The van der Waals surface area contributed by atoms with Crippen LogP contribution in [-0.4, -0.2) is 44.0 Å². The van der Waals surface area contributed by atoms with Crippen molar-refractivity contribution in [2.24, 2.45) is 11.3 Å². The van der Waals surface area contributed by atoms with Crippen LogP contribution in [-0.2, 0) is 16.1 Å². The molecule has 3 unspecified atom stereocenters. The Bertz CT molecular complexity index is 495. The zero-order valence-corrected chi connectivity index (χ0v) is 13.1. The van der Waals surface area contributed by atoms with E-state index in [0.29, 0.717) is 19.6 Å². The van der Waals surface area contributed by atoms with Gasteiger partial charge in [0.2, 0.25) is 0 Å². The molecule has 2 rings (SSSR count). The van der Waals surface area contributed by atoms with E-state index in [0.717, 1.165) is 12.2 Å². The van der Waals surface area contributed by atoms with Crippen molar-refractivity contribution in [1.29, 1.82) is 0 Å². The predicted molar refractivity (Wildman–Crippen MR) is 75.8 cm³/mol. The summed E-state index contributed by atoms with van der Waals surface area (Å²) >= 11 is 0. The van der Waals surface area contributed by atoms with Gasteiger partial charge in [-0.1, -0.05) is 20.8 Å². The third-order valence-corrected chi connectivity index (χ3v) is 3.87. The Morgan fingerprint density at radius 1 is 1.52 bits per heavy atom. The van der Waals surface area contributed by atoms with Crippen molar-refractivity contribution in [2.45, 2.75) is 59.1 Å². The molecular formula is C14H24N4O3. The zero-order valence-electron chi connectivity index (χ0n) is 13.1.